The van der Waals surface area contributed by atoms with Crippen LogP contribution < -0.4 is 15.4 Å². The highest BCUT2D eigenvalue weighted by atomic mass is 32.2. The molecule has 0 aliphatic rings. The maximum absolute atomic E-state index is 5.40. The van der Waals surface area contributed by atoms with E-state index in [1.807, 2.05) is 54.4 Å². The summed E-state index contributed by atoms with van der Waals surface area (Å²) in [4.78, 5) is 9.79. The van der Waals surface area contributed by atoms with Gasteiger partial charge in [-0.3, -0.25) is 9.98 Å². The Bertz CT molecular complexity index is 679. The number of thioether (sulfide) groups is 1. The molecule has 0 bridgehead atoms. The van der Waals surface area contributed by atoms with Crippen LogP contribution in [0.3, 0.4) is 0 Å². The monoisotopic (exact) mass is 372 g/mol. The summed E-state index contributed by atoms with van der Waals surface area (Å²) in [6.45, 7) is 3.91. The van der Waals surface area contributed by atoms with E-state index in [-0.39, 0.29) is 0 Å². The van der Waals surface area contributed by atoms with Crippen LogP contribution in [-0.2, 0) is 6.42 Å². The van der Waals surface area contributed by atoms with Crippen LogP contribution in [0.4, 0.5) is 0 Å². The van der Waals surface area contributed by atoms with Crippen molar-refractivity contribution >= 4 is 17.7 Å². The summed E-state index contributed by atoms with van der Waals surface area (Å²) in [6, 6.07) is 14.1. The molecule has 26 heavy (non-hydrogen) atoms. The third-order valence-corrected chi connectivity index (χ3v) is 5.22. The molecule has 0 spiro atoms. The number of methoxy groups -OCH3 is 1. The number of guanidine groups is 1. The van der Waals surface area contributed by atoms with Crippen molar-refractivity contribution in [1.82, 2.24) is 15.6 Å². The number of aliphatic imine (C=N–C) groups is 1. The van der Waals surface area contributed by atoms with E-state index in [0.29, 0.717) is 5.92 Å². The zero-order valence-electron chi connectivity index (χ0n) is 15.7. The summed E-state index contributed by atoms with van der Waals surface area (Å²) in [5.74, 6) is 3.28. The number of hydrogen-bond acceptors (Lipinski definition) is 4. The average Bonchev–Trinajstić information content (AvgIpc) is 2.69. The number of para-hydroxylation sites is 1. The Morgan fingerprint density at radius 3 is 2.73 bits per heavy atom. The number of ether oxygens (including phenoxy) is 1. The molecule has 0 amide bonds. The van der Waals surface area contributed by atoms with Crippen LogP contribution in [-0.4, -0.2) is 43.9 Å². The van der Waals surface area contributed by atoms with E-state index >= 15 is 0 Å². The van der Waals surface area contributed by atoms with Crippen LogP contribution in [0.15, 0.2) is 58.5 Å². The van der Waals surface area contributed by atoms with Gasteiger partial charge in [0, 0.05) is 49.1 Å². The van der Waals surface area contributed by atoms with Crippen LogP contribution in [0.1, 0.15) is 12.6 Å². The highest BCUT2D eigenvalue weighted by Gasteiger charge is 2.08. The molecular weight excluding hydrogens is 344 g/mol. The molecular formula is C20H28N4OS. The molecule has 2 rings (SSSR count). The number of nitrogens with zero attached hydrogens (tertiary/aromatic N) is 2. The van der Waals surface area contributed by atoms with E-state index in [9.17, 15) is 0 Å². The SMILES string of the molecule is CN=C(NCCc1ccccn1)NCC(C)CSc1ccccc1OC. The molecule has 2 aromatic rings. The third kappa shape index (κ3) is 6.96. The maximum atomic E-state index is 5.40. The van der Waals surface area contributed by atoms with Crippen LogP contribution in [0.2, 0.25) is 0 Å². The average molecular weight is 373 g/mol. The first-order valence-corrected chi connectivity index (χ1v) is 9.81. The van der Waals surface area contributed by atoms with E-state index in [4.69, 9.17) is 4.74 Å². The highest BCUT2D eigenvalue weighted by Crippen LogP contribution is 2.29. The van der Waals surface area contributed by atoms with Crippen LogP contribution in [0.25, 0.3) is 0 Å². The fraction of sp³-hybridized carbons (Fsp3) is 0.400. The van der Waals surface area contributed by atoms with Gasteiger partial charge in [0.05, 0.1) is 7.11 Å². The minimum Gasteiger partial charge on any atom is -0.496 e. The minimum absolute atomic E-state index is 0.499. The number of aromatic nitrogens is 1. The van der Waals surface area contributed by atoms with Gasteiger partial charge in [0.2, 0.25) is 0 Å². The van der Waals surface area contributed by atoms with Gasteiger partial charge in [-0.05, 0) is 30.2 Å². The Labute approximate surface area is 160 Å². The molecule has 1 heterocycles. The second-order valence-corrected chi connectivity index (χ2v) is 7.08. The van der Waals surface area contributed by atoms with Crippen molar-refractivity contribution in [3.05, 3.63) is 54.4 Å². The van der Waals surface area contributed by atoms with Crippen molar-refractivity contribution in [3.63, 3.8) is 0 Å². The van der Waals surface area contributed by atoms with Gasteiger partial charge in [-0.25, -0.2) is 0 Å². The molecule has 0 fully saturated rings. The molecule has 6 heteroatoms. The van der Waals surface area contributed by atoms with Gasteiger partial charge in [-0.2, -0.15) is 0 Å². The smallest absolute Gasteiger partial charge is 0.190 e. The predicted molar refractivity (Wildman–Crippen MR) is 110 cm³/mol. The summed E-state index contributed by atoms with van der Waals surface area (Å²) in [6.07, 6.45) is 2.70. The Morgan fingerprint density at radius 1 is 1.19 bits per heavy atom. The van der Waals surface area contributed by atoms with Crippen molar-refractivity contribution in [2.45, 2.75) is 18.2 Å². The highest BCUT2D eigenvalue weighted by molar-refractivity contribution is 7.99. The van der Waals surface area contributed by atoms with Gasteiger partial charge >= 0.3 is 0 Å². The molecule has 1 aromatic carbocycles. The van der Waals surface area contributed by atoms with E-state index in [1.54, 1.807) is 14.2 Å². The quantitative estimate of drug-likeness (QED) is 0.402. The van der Waals surface area contributed by atoms with Gasteiger partial charge in [-0.15, -0.1) is 11.8 Å². The Kier molecular flexibility index (Phi) is 8.83. The van der Waals surface area contributed by atoms with E-state index in [1.165, 1.54) is 4.90 Å². The van der Waals surface area contributed by atoms with Crippen LogP contribution >= 0.6 is 11.8 Å². The molecule has 140 valence electrons. The van der Waals surface area contributed by atoms with Crippen molar-refractivity contribution in [2.75, 3.05) is 33.0 Å². The second-order valence-electron chi connectivity index (χ2n) is 6.02. The number of nitrogens with one attached hydrogen (secondary N) is 2. The van der Waals surface area contributed by atoms with Crippen molar-refractivity contribution in [3.8, 4) is 5.75 Å². The molecule has 0 saturated heterocycles. The number of pyridine rings is 1. The van der Waals surface area contributed by atoms with E-state index < -0.39 is 0 Å². The van der Waals surface area contributed by atoms with Gasteiger partial charge in [0.25, 0.3) is 0 Å². The van der Waals surface area contributed by atoms with E-state index in [2.05, 4.69) is 33.6 Å². The molecule has 1 aromatic heterocycles. The predicted octanol–water partition coefficient (Wildman–Crippen LogP) is 3.23. The number of rotatable bonds is 9. The van der Waals surface area contributed by atoms with E-state index in [0.717, 1.165) is 42.7 Å². The van der Waals surface area contributed by atoms with Crippen molar-refractivity contribution < 1.29 is 4.74 Å². The fourth-order valence-corrected chi connectivity index (χ4v) is 3.43. The van der Waals surface area contributed by atoms with Gasteiger partial charge in [0.15, 0.2) is 5.96 Å². The minimum atomic E-state index is 0.499. The summed E-state index contributed by atoms with van der Waals surface area (Å²) >= 11 is 1.82. The first-order valence-electron chi connectivity index (χ1n) is 8.83. The van der Waals surface area contributed by atoms with Crippen LogP contribution in [0.5, 0.6) is 5.75 Å². The number of benzene rings is 1. The lowest BCUT2D eigenvalue weighted by Gasteiger charge is -2.16. The summed E-state index contributed by atoms with van der Waals surface area (Å²) in [5, 5.41) is 6.73. The zero-order valence-corrected chi connectivity index (χ0v) is 16.6. The molecule has 2 N–H and O–H groups in total. The molecule has 1 atom stereocenters. The lowest BCUT2D eigenvalue weighted by atomic mass is 10.2. The zero-order chi connectivity index (χ0) is 18.6. The summed E-state index contributed by atoms with van der Waals surface area (Å²) in [5.41, 5.74) is 1.08. The Hall–Kier alpha value is -2.21. The normalized spacial score (nSPS) is 12.5. The molecule has 0 saturated carbocycles. The summed E-state index contributed by atoms with van der Waals surface area (Å²) < 4.78 is 5.40. The third-order valence-electron chi connectivity index (χ3n) is 3.83. The Morgan fingerprint density at radius 2 is 2.00 bits per heavy atom. The summed E-state index contributed by atoms with van der Waals surface area (Å²) in [7, 11) is 3.51. The fourth-order valence-electron chi connectivity index (χ4n) is 2.38. The number of hydrogen-bond donors (Lipinski definition) is 2. The Balaban J connectivity index is 1.68. The first-order chi connectivity index (χ1) is 12.7. The molecule has 0 radical (unpaired) electrons. The molecule has 1 unspecified atom stereocenters. The second kappa shape index (κ2) is 11.4. The molecule has 0 aliphatic carbocycles. The molecule has 5 nitrogen and oxygen atoms in total. The lowest BCUT2D eigenvalue weighted by molar-refractivity contribution is 0.405. The van der Waals surface area contributed by atoms with Crippen LogP contribution in [0, 0.1) is 5.92 Å². The first kappa shape index (κ1) is 20.1. The lowest BCUT2D eigenvalue weighted by Crippen LogP contribution is -2.40. The molecule has 0 aliphatic heterocycles. The van der Waals surface area contributed by atoms with Gasteiger partial charge < -0.3 is 15.4 Å². The van der Waals surface area contributed by atoms with Gasteiger partial charge in [0.1, 0.15) is 5.75 Å². The topological polar surface area (TPSA) is 58.5 Å². The largest absolute Gasteiger partial charge is 0.496 e. The standard InChI is InChI=1S/C20H28N4OS/c1-16(15-26-19-10-5-4-9-18(19)25-3)14-24-20(21-2)23-13-11-17-8-6-7-12-22-17/h4-10,12,16H,11,13-15H2,1-3H3,(H2,21,23,24). The maximum Gasteiger partial charge on any atom is 0.190 e. The van der Waals surface area contributed by atoms with Crippen molar-refractivity contribution in [2.24, 2.45) is 10.9 Å². The van der Waals surface area contributed by atoms with Crippen molar-refractivity contribution in [1.29, 1.82) is 0 Å². The van der Waals surface area contributed by atoms with Gasteiger partial charge in [-0.1, -0.05) is 25.1 Å².